The Kier molecular flexibility index (Phi) is 6.20. The fourth-order valence-electron chi connectivity index (χ4n) is 2.38. The highest BCUT2D eigenvalue weighted by Crippen LogP contribution is 2.25. The molecule has 0 amide bonds. The number of aliphatic hydroxyl groups is 1. The lowest BCUT2D eigenvalue weighted by Crippen LogP contribution is -2.29. The van der Waals surface area contributed by atoms with Crippen molar-refractivity contribution in [3.05, 3.63) is 0 Å². The third-order valence-electron chi connectivity index (χ3n) is 3.43. The van der Waals surface area contributed by atoms with Crippen LogP contribution in [0.4, 0.5) is 0 Å². The van der Waals surface area contributed by atoms with E-state index in [4.69, 9.17) is 5.11 Å². The molecule has 0 bridgehead atoms. The summed E-state index contributed by atoms with van der Waals surface area (Å²) in [5, 5.41) is 12.2. The van der Waals surface area contributed by atoms with E-state index in [1.54, 1.807) is 0 Å². The molecule has 0 aromatic heterocycles. The maximum absolute atomic E-state index is 8.69. The minimum atomic E-state index is 0.317. The van der Waals surface area contributed by atoms with Gasteiger partial charge in [0, 0.05) is 12.6 Å². The van der Waals surface area contributed by atoms with E-state index in [1.807, 2.05) is 0 Å². The van der Waals surface area contributed by atoms with Gasteiger partial charge in [0.2, 0.25) is 0 Å². The highest BCUT2D eigenvalue weighted by Gasteiger charge is 2.16. The number of hydrogen-bond donors (Lipinski definition) is 2. The van der Waals surface area contributed by atoms with Crippen molar-refractivity contribution in [2.45, 2.75) is 57.9 Å². The Hall–Kier alpha value is -0.0800. The molecule has 1 saturated carbocycles. The first-order valence-corrected chi connectivity index (χ1v) is 6.21. The van der Waals surface area contributed by atoms with Gasteiger partial charge in [0.25, 0.3) is 0 Å². The molecule has 0 saturated heterocycles. The van der Waals surface area contributed by atoms with Gasteiger partial charge in [0.1, 0.15) is 0 Å². The van der Waals surface area contributed by atoms with Gasteiger partial charge in [-0.05, 0) is 38.1 Å². The van der Waals surface area contributed by atoms with E-state index >= 15 is 0 Å². The van der Waals surface area contributed by atoms with Crippen LogP contribution in [0.1, 0.15) is 51.9 Å². The molecule has 14 heavy (non-hydrogen) atoms. The van der Waals surface area contributed by atoms with E-state index in [0.29, 0.717) is 6.61 Å². The average Bonchev–Trinajstić information content (AvgIpc) is 2.43. The lowest BCUT2D eigenvalue weighted by atomic mass is 9.98. The molecule has 84 valence electrons. The van der Waals surface area contributed by atoms with Crippen LogP contribution < -0.4 is 5.32 Å². The highest BCUT2D eigenvalue weighted by atomic mass is 16.3. The maximum Gasteiger partial charge on any atom is 0.0443 e. The van der Waals surface area contributed by atoms with Gasteiger partial charge < -0.3 is 10.4 Å². The summed E-state index contributed by atoms with van der Waals surface area (Å²) in [6, 6.07) is 0.720. The molecule has 2 atom stereocenters. The van der Waals surface area contributed by atoms with Crippen LogP contribution >= 0.6 is 0 Å². The van der Waals surface area contributed by atoms with Crippen LogP contribution in [0, 0.1) is 5.92 Å². The quantitative estimate of drug-likeness (QED) is 0.526. The van der Waals surface area contributed by atoms with Crippen molar-refractivity contribution in [1.29, 1.82) is 0 Å². The summed E-state index contributed by atoms with van der Waals surface area (Å²) < 4.78 is 0. The first-order chi connectivity index (χ1) is 6.86. The third-order valence-corrected chi connectivity index (χ3v) is 3.43. The highest BCUT2D eigenvalue weighted by molar-refractivity contribution is 4.74. The van der Waals surface area contributed by atoms with Crippen molar-refractivity contribution in [2.24, 2.45) is 5.92 Å². The Morgan fingerprint density at radius 3 is 2.79 bits per heavy atom. The van der Waals surface area contributed by atoms with Crippen molar-refractivity contribution >= 4 is 0 Å². The summed E-state index contributed by atoms with van der Waals surface area (Å²) in [6.45, 7) is 3.61. The molecule has 0 radical (unpaired) electrons. The predicted octanol–water partition coefficient (Wildman–Crippen LogP) is 2.32. The van der Waals surface area contributed by atoms with E-state index in [9.17, 15) is 0 Å². The zero-order valence-corrected chi connectivity index (χ0v) is 9.47. The topological polar surface area (TPSA) is 32.3 Å². The van der Waals surface area contributed by atoms with Crippen LogP contribution in [0.3, 0.4) is 0 Å². The Balaban J connectivity index is 2.14. The largest absolute Gasteiger partial charge is 0.396 e. The van der Waals surface area contributed by atoms with Gasteiger partial charge in [-0.2, -0.15) is 0 Å². The molecule has 2 heteroatoms. The van der Waals surface area contributed by atoms with Gasteiger partial charge in [-0.25, -0.2) is 0 Å². The van der Waals surface area contributed by atoms with E-state index in [-0.39, 0.29) is 0 Å². The molecule has 0 heterocycles. The molecular weight excluding hydrogens is 174 g/mol. The molecule has 1 rings (SSSR count). The Morgan fingerprint density at radius 2 is 2.07 bits per heavy atom. The van der Waals surface area contributed by atoms with E-state index in [1.165, 1.54) is 38.5 Å². The van der Waals surface area contributed by atoms with Crippen LogP contribution in [0.25, 0.3) is 0 Å². The fourth-order valence-corrected chi connectivity index (χ4v) is 2.38. The van der Waals surface area contributed by atoms with Crippen LogP contribution in [0.5, 0.6) is 0 Å². The molecule has 0 aromatic carbocycles. The minimum Gasteiger partial charge on any atom is -0.396 e. The molecule has 0 spiro atoms. The third kappa shape index (κ3) is 4.43. The zero-order valence-electron chi connectivity index (χ0n) is 9.47. The summed E-state index contributed by atoms with van der Waals surface area (Å²) in [5.41, 5.74) is 0. The Bertz CT molecular complexity index is 138. The second kappa shape index (κ2) is 7.24. The van der Waals surface area contributed by atoms with E-state index in [2.05, 4.69) is 12.2 Å². The summed E-state index contributed by atoms with van der Waals surface area (Å²) in [6.07, 6.45) is 9.13. The summed E-state index contributed by atoms with van der Waals surface area (Å²) in [7, 11) is 0. The fraction of sp³-hybridized carbons (Fsp3) is 1.00. The summed E-state index contributed by atoms with van der Waals surface area (Å²) in [5.74, 6) is 0.972. The van der Waals surface area contributed by atoms with E-state index < -0.39 is 0 Å². The van der Waals surface area contributed by atoms with Crippen LogP contribution in [-0.2, 0) is 0 Å². The minimum absolute atomic E-state index is 0.317. The van der Waals surface area contributed by atoms with Gasteiger partial charge in [0.05, 0.1) is 0 Å². The van der Waals surface area contributed by atoms with Crippen LogP contribution in [0.15, 0.2) is 0 Å². The standard InChI is InChI=1S/C12H25NO/c1-2-11-5-3-6-12(8-7-11)13-9-4-10-14/h11-14H,2-10H2,1H3. The molecule has 0 aromatic rings. The van der Waals surface area contributed by atoms with Gasteiger partial charge in [-0.3, -0.25) is 0 Å². The summed E-state index contributed by atoms with van der Waals surface area (Å²) in [4.78, 5) is 0. The molecule has 1 aliphatic carbocycles. The Labute approximate surface area is 88.1 Å². The van der Waals surface area contributed by atoms with Crippen LogP contribution in [-0.4, -0.2) is 24.3 Å². The summed E-state index contributed by atoms with van der Waals surface area (Å²) >= 11 is 0. The maximum atomic E-state index is 8.69. The second-order valence-electron chi connectivity index (χ2n) is 4.51. The van der Waals surface area contributed by atoms with Crippen molar-refractivity contribution in [2.75, 3.05) is 13.2 Å². The molecule has 2 N–H and O–H groups in total. The molecule has 0 aliphatic heterocycles. The van der Waals surface area contributed by atoms with Crippen LogP contribution in [0.2, 0.25) is 0 Å². The SMILES string of the molecule is CCC1CCCC(NCCCO)CC1. The van der Waals surface area contributed by atoms with Crippen molar-refractivity contribution in [1.82, 2.24) is 5.32 Å². The Morgan fingerprint density at radius 1 is 1.21 bits per heavy atom. The van der Waals surface area contributed by atoms with Crippen molar-refractivity contribution < 1.29 is 5.11 Å². The number of rotatable bonds is 5. The normalized spacial score (nSPS) is 28.7. The molecule has 2 nitrogen and oxygen atoms in total. The molecule has 2 unspecified atom stereocenters. The first-order valence-electron chi connectivity index (χ1n) is 6.21. The molecule has 1 fully saturated rings. The predicted molar refractivity (Wildman–Crippen MR) is 60.4 cm³/mol. The number of hydrogen-bond acceptors (Lipinski definition) is 2. The lowest BCUT2D eigenvalue weighted by Gasteiger charge is -2.16. The number of aliphatic hydroxyl groups excluding tert-OH is 1. The van der Waals surface area contributed by atoms with Crippen molar-refractivity contribution in [3.63, 3.8) is 0 Å². The number of nitrogens with one attached hydrogen (secondary N) is 1. The van der Waals surface area contributed by atoms with Gasteiger partial charge in [-0.15, -0.1) is 0 Å². The smallest absolute Gasteiger partial charge is 0.0443 e. The van der Waals surface area contributed by atoms with E-state index in [0.717, 1.165) is 24.9 Å². The lowest BCUT2D eigenvalue weighted by molar-refractivity contribution is 0.281. The average molecular weight is 199 g/mol. The van der Waals surface area contributed by atoms with Gasteiger partial charge >= 0.3 is 0 Å². The monoisotopic (exact) mass is 199 g/mol. The second-order valence-corrected chi connectivity index (χ2v) is 4.51. The molecular formula is C12H25NO. The van der Waals surface area contributed by atoms with Gasteiger partial charge in [-0.1, -0.05) is 26.2 Å². The zero-order chi connectivity index (χ0) is 10.2. The van der Waals surface area contributed by atoms with Gasteiger partial charge in [0.15, 0.2) is 0 Å². The van der Waals surface area contributed by atoms with Crippen molar-refractivity contribution in [3.8, 4) is 0 Å². The molecule has 1 aliphatic rings. The first kappa shape index (κ1) is 12.0.